The molecule has 0 aromatic heterocycles. The normalized spacial score (nSPS) is 31.1. The lowest BCUT2D eigenvalue weighted by molar-refractivity contribution is -0.0971. The summed E-state index contributed by atoms with van der Waals surface area (Å²) in [4.78, 5) is 4.22. The summed E-state index contributed by atoms with van der Waals surface area (Å²) in [7, 11) is 1.82. The maximum atomic E-state index is 5.21. The van der Waals surface area contributed by atoms with Crippen LogP contribution in [0.5, 0.6) is 0 Å². The summed E-state index contributed by atoms with van der Waals surface area (Å²) in [5.74, 6) is 1.73. The Morgan fingerprint density at radius 3 is 2.50 bits per heavy atom. The Balaban J connectivity index is 0.00000128. The molecule has 0 bridgehead atoms. The van der Waals surface area contributed by atoms with Gasteiger partial charge in [-0.1, -0.05) is 13.8 Å². The molecule has 94 valence electrons. The second-order valence-electron chi connectivity index (χ2n) is 5.19. The summed E-state index contributed by atoms with van der Waals surface area (Å²) in [6.45, 7) is 7.14. The maximum Gasteiger partial charge on any atom is 0.191 e. The SMILES string of the molecule is CN=C(NCC1(C)COC1)NC1CC1C.I. The molecule has 2 N–H and O–H groups in total. The Bertz CT molecular complexity index is 266. The predicted octanol–water partition coefficient (Wildman–Crippen LogP) is 1.21. The fourth-order valence-electron chi connectivity index (χ4n) is 1.74. The van der Waals surface area contributed by atoms with Crippen LogP contribution in [0.15, 0.2) is 4.99 Å². The molecule has 1 aliphatic heterocycles. The van der Waals surface area contributed by atoms with Gasteiger partial charge in [0.05, 0.1) is 13.2 Å². The zero-order valence-electron chi connectivity index (χ0n) is 10.2. The number of aliphatic imine (C=N–C) groups is 1. The first-order valence-electron chi connectivity index (χ1n) is 5.68. The minimum atomic E-state index is 0. The van der Waals surface area contributed by atoms with Crippen molar-refractivity contribution >= 4 is 29.9 Å². The molecule has 2 unspecified atom stereocenters. The van der Waals surface area contributed by atoms with Gasteiger partial charge in [0.15, 0.2) is 5.96 Å². The molecular formula is C11H22IN3O. The molecule has 2 atom stereocenters. The average molecular weight is 339 g/mol. The van der Waals surface area contributed by atoms with E-state index in [0.29, 0.717) is 11.5 Å². The van der Waals surface area contributed by atoms with Crippen molar-refractivity contribution in [1.82, 2.24) is 10.6 Å². The van der Waals surface area contributed by atoms with Crippen molar-refractivity contribution in [3.05, 3.63) is 0 Å². The highest BCUT2D eigenvalue weighted by Gasteiger charge is 2.35. The molecule has 2 rings (SSSR count). The van der Waals surface area contributed by atoms with Crippen LogP contribution in [0.25, 0.3) is 0 Å². The van der Waals surface area contributed by atoms with Crippen molar-refractivity contribution in [2.75, 3.05) is 26.8 Å². The fraction of sp³-hybridized carbons (Fsp3) is 0.909. The third-order valence-electron chi connectivity index (χ3n) is 3.24. The largest absolute Gasteiger partial charge is 0.380 e. The molecule has 0 aromatic rings. The van der Waals surface area contributed by atoms with Gasteiger partial charge in [0.2, 0.25) is 0 Å². The van der Waals surface area contributed by atoms with Crippen LogP contribution in [-0.2, 0) is 4.74 Å². The van der Waals surface area contributed by atoms with Crippen LogP contribution in [0.3, 0.4) is 0 Å². The number of rotatable bonds is 3. The highest BCUT2D eigenvalue weighted by atomic mass is 127. The van der Waals surface area contributed by atoms with E-state index >= 15 is 0 Å². The van der Waals surface area contributed by atoms with E-state index < -0.39 is 0 Å². The van der Waals surface area contributed by atoms with E-state index in [9.17, 15) is 0 Å². The lowest BCUT2D eigenvalue weighted by Crippen LogP contribution is -2.51. The number of nitrogens with zero attached hydrogens (tertiary/aromatic N) is 1. The van der Waals surface area contributed by atoms with E-state index in [4.69, 9.17) is 4.74 Å². The van der Waals surface area contributed by atoms with Gasteiger partial charge in [0.1, 0.15) is 0 Å². The van der Waals surface area contributed by atoms with Crippen molar-refractivity contribution in [3.8, 4) is 0 Å². The predicted molar refractivity (Wildman–Crippen MR) is 76.4 cm³/mol. The summed E-state index contributed by atoms with van der Waals surface area (Å²) < 4.78 is 5.21. The number of nitrogens with one attached hydrogen (secondary N) is 2. The quantitative estimate of drug-likeness (QED) is 0.462. The number of hydrogen-bond acceptors (Lipinski definition) is 2. The fourth-order valence-corrected chi connectivity index (χ4v) is 1.74. The molecule has 1 aliphatic carbocycles. The van der Waals surface area contributed by atoms with Gasteiger partial charge in [0, 0.05) is 25.0 Å². The molecule has 5 heteroatoms. The van der Waals surface area contributed by atoms with E-state index in [0.717, 1.165) is 31.6 Å². The van der Waals surface area contributed by atoms with Crippen LogP contribution in [0.1, 0.15) is 20.3 Å². The molecule has 16 heavy (non-hydrogen) atoms. The van der Waals surface area contributed by atoms with E-state index in [1.54, 1.807) is 0 Å². The van der Waals surface area contributed by atoms with Crippen molar-refractivity contribution in [2.45, 2.75) is 26.3 Å². The molecule has 1 heterocycles. The van der Waals surface area contributed by atoms with Crippen LogP contribution in [0.4, 0.5) is 0 Å². The van der Waals surface area contributed by atoms with E-state index in [1.165, 1.54) is 6.42 Å². The van der Waals surface area contributed by atoms with Gasteiger partial charge < -0.3 is 15.4 Å². The first-order valence-corrected chi connectivity index (χ1v) is 5.68. The van der Waals surface area contributed by atoms with Gasteiger partial charge in [-0.05, 0) is 12.3 Å². The third-order valence-corrected chi connectivity index (χ3v) is 3.24. The van der Waals surface area contributed by atoms with E-state index in [1.807, 2.05) is 7.05 Å². The second kappa shape index (κ2) is 5.53. The summed E-state index contributed by atoms with van der Waals surface area (Å²) in [5, 5.41) is 6.77. The molecule has 0 aromatic carbocycles. The van der Waals surface area contributed by atoms with Crippen LogP contribution in [0.2, 0.25) is 0 Å². The van der Waals surface area contributed by atoms with Crippen LogP contribution < -0.4 is 10.6 Å². The highest BCUT2D eigenvalue weighted by molar-refractivity contribution is 14.0. The van der Waals surface area contributed by atoms with Crippen molar-refractivity contribution in [2.24, 2.45) is 16.3 Å². The number of hydrogen-bond donors (Lipinski definition) is 2. The van der Waals surface area contributed by atoms with Crippen molar-refractivity contribution < 1.29 is 4.74 Å². The van der Waals surface area contributed by atoms with Gasteiger partial charge in [-0.2, -0.15) is 0 Å². The molecule has 1 saturated carbocycles. The van der Waals surface area contributed by atoms with Crippen molar-refractivity contribution in [1.29, 1.82) is 0 Å². The zero-order chi connectivity index (χ0) is 10.9. The lowest BCUT2D eigenvalue weighted by atomic mass is 9.89. The van der Waals surface area contributed by atoms with Gasteiger partial charge >= 0.3 is 0 Å². The molecule has 0 radical (unpaired) electrons. The van der Waals surface area contributed by atoms with Crippen molar-refractivity contribution in [3.63, 3.8) is 0 Å². The maximum absolute atomic E-state index is 5.21. The second-order valence-corrected chi connectivity index (χ2v) is 5.19. The van der Waals surface area contributed by atoms with Crippen LogP contribution in [0, 0.1) is 11.3 Å². The van der Waals surface area contributed by atoms with Gasteiger partial charge in [0.25, 0.3) is 0 Å². The Morgan fingerprint density at radius 1 is 1.50 bits per heavy atom. The van der Waals surface area contributed by atoms with E-state index in [-0.39, 0.29) is 24.0 Å². The minimum absolute atomic E-state index is 0. The molecule has 1 saturated heterocycles. The Kier molecular flexibility index (Phi) is 4.85. The molecule has 0 spiro atoms. The minimum Gasteiger partial charge on any atom is -0.380 e. The van der Waals surface area contributed by atoms with Gasteiger partial charge in [-0.15, -0.1) is 24.0 Å². The molecule has 2 aliphatic rings. The summed E-state index contributed by atoms with van der Waals surface area (Å²) in [5.41, 5.74) is 0.298. The topological polar surface area (TPSA) is 45.7 Å². The molecule has 2 fully saturated rings. The van der Waals surface area contributed by atoms with Crippen LogP contribution in [-0.4, -0.2) is 38.8 Å². The monoisotopic (exact) mass is 339 g/mol. The first kappa shape index (κ1) is 14.0. The summed E-state index contributed by atoms with van der Waals surface area (Å²) >= 11 is 0. The molecule has 0 amide bonds. The summed E-state index contributed by atoms with van der Waals surface area (Å²) in [6, 6.07) is 0.627. The highest BCUT2D eigenvalue weighted by Crippen LogP contribution is 2.29. The number of ether oxygens (including phenoxy) is 1. The lowest BCUT2D eigenvalue weighted by Gasteiger charge is -2.38. The average Bonchev–Trinajstić information content (AvgIpc) is 2.86. The Hall–Kier alpha value is -0.0400. The molecular weight excluding hydrogens is 317 g/mol. The van der Waals surface area contributed by atoms with Crippen LogP contribution >= 0.6 is 24.0 Å². The number of halogens is 1. The summed E-state index contributed by atoms with van der Waals surface area (Å²) in [6.07, 6.45) is 1.26. The van der Waals surface area contributed by atoms with Gasteiger partial charge in [-0.25, -0.2) is 0 Å². The smallest absolute Gasteiger partial charge is 0.191 e. The third kappa shape index (κ3) is 3.48. The Labute approximate surface area is 115 Å². The first-order chi connectivity index (χ1) is 7.13. The molecule has 4 nitrogen and oxygen atoms in total. The van der Waals surface area contributed by atoms with Gasteiger partial charge in [-0.3, -0.25) is 4.99 Å². The standard InChI is InChI=1S/C11H21N3O.HI/c1-8-4-9(8)14-10(12-3)13-5-11(2)6-15-7-11;/h8-9H,4-7H2,1-3H3,(H2,12,13,14);1H. The van der Waals surface area contributed by atoms with E-state index in [2.05, 4.69) is 29.5 Å². The number of guanidine groups is 1. The zero-order valence-corrected chi connectivity index (χ0v) is 12.6. The Morgan fingerprint density at radius 2 is 2.12 bits per heavy atom.